The van der Waals surface area contributed by atoms with Crippen LogP contribution in [0.25, 0.3) is 0 Å². The maximum Gasteiger partial charge on any atom is 0.411 e. The molecule has 3 aromatic carbocycles. The van der Waals surface area contributed by atoms with Gasteiger partial charge in [-0.25, -0.2) is 4.79 Å². The van der Waals surface area contributed by atoms with Crippen LogP contribution in [-0.4, -0.2) is 17.9 Å². The van der Waals surface area contributed by atoms with Gasteiger partial charge in [-0.15, -0.1) is 11.6 Å². The quantitative estimate of drug-likeness (QED) is 0.464. The Morgan fingerprint density at radius 2 is 1.56 bits per heavy atom. The number of nitrogens with zero attached hydrogens (tertiary/aromatic N) is 1. The number of benzene rings is 3. The van der Waals surface area contributed by atoms with E-state index >= 15 is 0 Å². The van der Waals surface area contributed by atoms with Gasteiger partial charge >= 0.3 is 6.09 Å². The van der Waals surface area contributed by atoms with Crippen LogP contribution in [0.2, 0.25) is 0 Å². The molecule has 0 radical (unpaired) electrons. The van der Waals surface area contributed by atoms with E-state index in [0.717, 1.165) is 40.9 Å². The van der Waals surface area contributed by atoms with Crippen molar-refractivity contribution in [3.8, 4) is 0 Å². The maximum atomic E-state index is 12.7. The average molecular weight is 451 g/mol. The summed E-state index contributed by atoms with van der Waals surface area (Å²) in [6.45, 7) is 4.18. The second-order valence-electron chi connectivity index (χ2n) is 7.02. The molecule has 4 rings (SSSR count). The monoisotopic (exact) mass is 450 g/mol. The number of hydrogen-bond donors (Lipinski definition) is 1. The van der Waals surface area contributed by atoms with E-state index in [4.69, 9.17) is 16.3 Å². The lowest BCUT2D eigenvalue weighted by Crippen LogP contribution is -2.28. The zero-order valence-electron chi connectivity index (χ0n) is 18.3. The molecule has 0 spiro atoms. The smallest absolute Gasteiger partial charge is 0.411 e. The molecule has 0 saturated heterocycles. The Balaban J connectivity index is 0.00000141. The van der Waals surface area contributed by atoms with Gasteiger partial charge in [-0.2, -0.15) is 0 Å². The first kappa shape index (κ1) is 23.4. The first-order chi connectivity index (χ1) is 15.7. The van der Waals surface area contributed by atoms with Crippen molar-refractivity contribution in [2.45, 2.75) is 33.3 Å². The summed E-state index contributed by atoms with van der Waals surface area (Å²) in [5.74, 6) is -0.346. The van der Waals surface area contributed by atoms with E-state index in [1.165, 1.54) is 0 Å². The fourth-order valence-electron chi connectivity index (χ4n) is 3.61. The lowest BCUT2D eigenvalue weighted by molar-refractivity contribution is -0.115. The second-order valence-corrected chi connectivity index (χ2v) is 7.29. The molecule has 0 fully saturated rings. The van der Waals surface area contributed by atoms with Gasteiger partial charge in [0.2, 0.25) is 5.91 Å². The molecule has 5 nitrogen and oxygen atoms in total. The molecule has 0 aliphatic carbocycles. The normalized spacial score (nSPS) is 11.8. The minimum atomic E-state index is -0.553. The molecule has 6 heteroatoms. The van der Waals surface area contributed by atoms with E-state index in [0.29, 0.717) is 5.69 Å². The molecule has 0 unspecified atom stereocenters. The number of rotatable bonds is 4. The van der Waals surface area contributed by atoms with Gasteiger partial charge in [-0.3, -0.25) is 15.0 Å². The van der Waals surface area contributed by atoms with Crippen LogP contribution in [0.4, 0.5) is 21.9 Å². The van der Waals surface area contributed by atoms with Gasteiger partial charge < -0.3 is 4.74 Å². The van der Waals surface area contributed by atoms with Gasteiger partial charge in [0.1, 0.15) is 12.5 Å². The molecule has 166 valence electrons. The summed E-state index contributed by atoms with van der Waals surface area (Å²) in [7, 11) is 0. The lowest BCUT2D eigenvalue weighted by Gasteiger charge is -2.24. The average Bonchev–Trinajstić information content (AvgIpc) is 3.01. The summed E-state index contributed by atoms with van der Waals surface area (Å²) in [4.78, 5) is 26.6. The van der Waals surface area contributed by atoms with Crippen LogP contribution in [0.15, 0.2) is 72.8 Å². The molecule has 0 aromatic heterocycles. The summed E-state index contributed by atoms with van der Waals surface area (Å²) >= 11 is 5.91. The Morgan fingerprint density at radius 1 is 0.906 bits per heavy atom. The fraction of sp³-hybridized carbons (Fsp3) is 0.231. The van der Waals surface area contributed by atoms with Crippen molar-refractivity contribution in [3.63, 3.8) is 0 Å². The highest BCUT2D eigenvalue weighted by molar-refractivity contribution is 6.30. The molecule has 2 amide bonds. The first-order valence-corrected chi connectivity index (χ1v) is 11.3. The number of anilines is 3. The molecule has 0 atom stereocenters. The van der Waals surface area contributed by atoms with Crippen molar-refractivity contribution in [2.24, 2.45) is 0 Å². The third-order valence-electron chi connectivity index (χ3n) is 5.05. The number of nitrogens with one attached hydrogen (secondary N) is 1. The second kappa shape index (κ2) is 11.3. The number of fused-ring (bicyclic) bond motifs is 2. The molecular formula is C26H27ClN2O3. The van der Waals surface area contributed by atoms with Gasteiger partial charge in [0.05, 0.1) is 11.4 Å². The largest absolute Gasteiger partial charge is 0.444 e. The molecule has 0 saturated carbocycles. The Bertz CT molecular complexity index is 1070. The van der Waals surface area contributed by atoms with Crippen molar-refractivity contribution < 1.29 is 14.3 Å². The Hall–Kier alpha value is -3.31. The Morgan fingerprint density at radius 3 is 2.28 bits per heavy atom. The van der Waals surface area contributed by atoms with Crippen molar-refractivity contribution >= 4 is 40.7 Å². The number of alkyl halides is 1. The van der Waals surface area contributed by atoms with E-state index in [-0.39, 0.29) is 18.4 Å². The zero-order valence-corrected chi connectivity index (χ0v) is 19.1. The predicted octanol–water partition coefficient (Wildman–Crippen LogP) is 6.46. The van der Waals surface area contributed by atoms with Crippen LogP contribution < -0.4 is 10.2 Å². The van der Waals surface area contributed by atoms with Gasteiger partial charge in [-0.1, -0.05) is 68.4 Å². The third-order valence-corrected chi connectivity index (χ3v) is 5.27. The molecule has 0 bridgehead atoms. The minimum absolute atomic E-state index is 0.134. The summed E-state index contributed by atoms with van der Waals surface area (Å²) in [5, 5.41) is 2.75. The van der Waals surface area contributed by atoms with Crippen molar-refractivity contribution in [3.05, 3.63) is 89.5 Å². The highest BCUT2D eigenvalue weighted by Gasteiger charge is 2.25. The molecule has 1 N–H and O–H groups in total. The molecule has 1 aliphatic heterocycles. The minimum Gasteiger partial charge on any atom is -0.444 e. The zero-order chi connectivity index (χ0) is 22.9. The highest BCUT2D eigenvalue weighted by atomic mass is 35.5. The topological polar surface area (TPSA) is 58.6 Å². The summed E-state index contributed by atoms with van der Waals surface area (Å²) in [6.07, 6.45) is 1.06. The number of para-hydroxylation sites is 1. The number of carbonyl (C=O) groups is 2. The molecule has 1 aliphatic rings. The predicted molar refractivity (Wildman–Crippen MR) is 130 cm³/mol. The van der Waals surface area contributed by atoms with E-state index in [1.54, 1.807) is 11.0 Å². The van der Waals surface area contributed by atoms with Crippen LogP contribution in [0.3, 0.4) is 0 Å². The highest BCUT2D eigenvalue weighted by Crippen LogP contribution is 2.37. The number of hydrogen-bond acceptors (Lipinski definition) is 3. The molecule has 3 aromatic rings. The number of carbonyl (C=O) groups excluding carboxylic acids is 2. The first-order valence-electron chi connectivity index (χ1n) is 10.7. The Kier molecular flexibility index (Phi) is 8.28. The summed E-state index contributed by atoms with van der Waals surface area (Å²) < 4.78 is 5.30. The van der Waals surface area contributed by atoms with Gasteiger partial charge in [0.25, 0.3) is 0 Å². The Labute approximate surface area is 194 Å². The summed E-state index contributed by atoms with van der Waals surface area (Å²) in [6, 6.07) is 22.8. The van der Waals surface area contributed by atoms with E-state index in [1.807, 2.05) is 80.6 Å². The SMILES string of the molecule is CC.O=C(Nc1ccc2c(c1)N(C(=O)CCl)c1ccccc1CC2)OCc1ccccc1. The van der Waals surface area contributed by atoms with Gasteiger partial charge in [-0.05, 0) is 47.7 Å². The third kappa shape index (κ3) is 5.48. The van der Waals surface area contributed by atoms with Crippen molar-refractivity contribution in [2.75, 3.05) is 16.1 Å². The number of aryl methyl sites for hydroxylation is 2. The molecule has 32 heavy (non-hydrogen) atoms. The number of halogens is 1. The van der Waals surface area contributed by atoms with Gasteiger partial charge in [0, 0.05) is 5.69 Å². The van der Waals surface area contributed by atoms with E-state index < -0.39 is 6.09 Å². The number of amides is 2. The lowest BCUT2D eigenvalue weighted by atomic mass is 10.0. The fourth-order valence-corrected chi connectivity index (χ4v) is 3.73. The summed E-state index contributed by atoms with van der Waals surface area (Å²) in [5.41, 5.74) is 5.12. The van der Waals surface area contributed by atoms with E-state index in [2.05, 4.69) is 5.32 Å². The van der Waals surface area contributed by atoms with E-state index in [9.17, 15) is 9.59 Å². The molecular weight excluding hydrogens is 424 g/mol. The maximum absolute atomic E-state index is 12.7. The van der Waals surface area contributed by atoms with Crippen LogP contribution in [0.5, 0.6) is 0 Å². The van der Waals surface area contributed by atoms with Crippen molar-refractivity contribution in [1.29, 1.82) is 0 Å². The standard InChI is InChI=1S/C24H21ClN2O3.C2H6/c25-15-23(28)27-21-9-5-4-8-18(21)10-11-19-12-13-20(14-22(19)27)26-24(29)30-16-17-6-2-1-3-7-17;1-2/h1-9,12-14H,10-11,15-16H2,(H,26,29);1-2H3. The van der Waals surface area contributed by atoms with Crippen LogP contribution >= 0.6 is 11.6 Å². The van der Waals surface area contributed by atoms with Crippen LogP contribution in [0.1, 0.15) is 30.5 Å². The van der Waals surface area contributed by atoms with Crippen LogP contribution in [-0.2, 0) is 29.0 Å². The van der Waals surface area contributed by atoms with Gasteiger partial charge in [0.15, 0.2) is 0 Å². The number of ether oxygens (including phenoxy) is 1. The molecule has 1 heterocycles. The van der Waals surface area contributed by atoms with Crippen LogP contribution in [0, 0.1) is 0 Å². The van der Waals surface area contributed by atoms with Crippen molar-refractivity contribution in [1.82, 2.24) is 0 Å².